The van der Waals surface area contributed by atoms with Gasteiger partial charge in [-0.3, -0.25) is 0 Å². The van der Waals surface area contributed by atoms with Gasteiger partial charge >= 0.3 is 0 Å². The van der Waals surface area contributed by atoms with Crippen LogP contribution in [0.25, 0.3) is 0 Å². The molecule has 82 valence electrons. The molecule has 1 heterocycles. The maximum Gasteiger partial charge on any atom is 0.213 e. The topological polar surface area (TPSA) is 48.1 Å². The second-order valence-corrected chi connectivity index (χ2v) is 3.34. The minimum Gasteiger partial charge on any atom is -0.473 e. The maximum absolute atomic E-state index is 12.6. The van der Waals surface area contributed by atoms with E-state index in [2.05, 4.69) is 4.98 Å². The van der Waals surface area contributed by atoms with Gasteiger partial charge < -0.3 is 10.5 Å². The van der Waals surface area contributed by atoms with E-state index < -0.39 is 0 Å². The average molecular weight is 218 g/mol. The molecule has 0 aliphatic heterocycles. The zero-order chi connectivity index (χ0) is 11.4. The van der Waals surface area contributed by atoms with Gasteiger partial charge in [-0.1, -0.05) is 12.1 Å². The molecule has 2 rings (SSSR count). The molecule has 0 spiro atoms. The van der Waals surface area contributed by atoms with Crippen molar-refractivity contribution in [2.75, 3.05) is 5.73 Å². The van der Waals surface area contributed by atoms with E-state index in [1.165, 1.54) is 18.3 Å². The molecule has 4 heteroatoms. The van der Waals surface area contributed by atoms with Gasteiger partial charge in [0.05, 0.1) is 11.9 Å². The van der Waals surface area contributed by atoms with Gasteiger partial charge in [-0.15, -0.1) is 0 Å². The van der Waals surface area contributed by atoms with Crippen LogP contribution in [0.15, 0.2) is 42.6 Å². The molecule has 0 saturated carbocycles. The predicted molar refractivity (Wildman–Crippen MR) is 59.4 cm³/mol. The minimum absolute atomic E-state index is 0.255. The second kappa shape index (κ2) is 4.61. The lowest BCUT2D eigenvalue weighted by atomic mass is 10.2. The molecule has 0 atom stereocenters. The first-order valence-electron chi connectivity index (χ1n) is 4.83. The largest absolute Gasteiger partial charge is 0.473 e. The highest BCUT2D eigenvalue weighted by molar-refractivity contribution is 5.36. The standard InChI is InChI=1S/C12H11FN2O/c13-10-3-1-9(2-4-10)8-16-12-6-5-11(14)7-15-12/h1-7H,8,14H2. The molecule has 3 nitrogen and oxygen atoms in total. The maximum atomic E-state index is 12.6. The summed E-state index contributed by atoms with van der Waals surface area (Å²) >= 11 is 0. The first kappa shape index (κ1) is 10.4. The van der Waals surface area contributed by atoms with E-state index in [4.69, 9.17) is 10.5 Å². The summed E-state index contributed by atoms with van der Waals surface area (Å²) in [6.45, 7) is 0.358. The highest BCUT2D eigenvalue weighted by atomic mass is 19.1. The predicted octanol–water partition coefficient (Wildman–Crippen LogP) is 2.38. The van der Waals surface area contributed by atoms with Crippen molar-refractivity contribution in [2.24, 2.45) is 0 Å². The Morgan fingerprint density at radius 3 is 2.50 bits per heavy atom. The van der Waals surface area contributed by atoms with Crippen LogP contribution in [0.4, 0.5) is 10.1 Å². The number of halogens is 1. The Hall–Kier alpha value is -2.10. The van der Waals surface area contributed by atoms with Crippen molar-refractivity contribution in [1.29, 1.82) is 0 Å². The number of benzene rings is 1. The molecule has 2 N–H and O–H groups in total. The summed E-state index contributed by atoms with van der Waals surface area (Å²) in [7, 11) is 0. The summed E-state index contributed by atoms with van der Waals surface area (Å²) in [5.74, 6) is 0.243. The zero-order valence-corrected chi connectivity index (χ0v) is 8.56. The second-order valence-electron chi connectivity index (χ2n) is 3.34. The summed E-state index contributed by atoms with van der Waals surface area (Å²) in [4.78, 5) is 3.99. The minimum atomic E-state index is -0.255. The van der Waals surface area contributed by atoms with Crippen molar-refractivity contribution in [1.82, 2.24) is 4.98 Å². The third-order valence-electron chi connectivity index (χ3n) is 2.06. The van der Waals surface area contributed by atoms with E-state index in [1.807, 2.05) is 0 Å². The van der Waals surface area contributed by atoms with E-state index in [1.54, 1.807) is 24.3 Å². The molecule has 1 aromatic heterocycles. The van der Waals surface area contributed by atoms with E-state index in [9.17, 15) is 4.39 Å². The number of aromatic nitrogens is 1. The lowest BCUT2D eigenvalue weighted by molar-refractivity contribution is 0.294. The van der Waals surface area contributed by atoms with Crippen molar-refractivity contribution < 1.29 is 9.13 Å². The Kier molecular flexibility index (Phi) is 3.00. The molecule has 0 amide bonds. The Balaban J connectivity index is 1.97. The molecule has 16 heavy (non-hydrogen) atoms. The van der Waals surface area contributed by atoms with Gasteiger partial charge in [0.1, 0.15) is 12.4 Å². The molecular formula is C12H11FN2O. The molecule has 1 aromatic carbocycles. The summed E-state index contributed by atoms with van der Waals surface area (Å²) in [5.41, 5.74) is 6.97. The first-order valence-corrected chi connectivity index (χ1v) is 4.83. The Morgan fingerprint density at radius 2 is 1.88 bits per heavy atom. The number of nitrogens with two attached hydrogens (primary N) is 1. The molecule has 2 aromatic rings. The Morgan fingerprint density at radius 1 is 1.12 bits per heavy atom. The molecule has 0 radical (unpaired) electrons. The number of nitrogen functional groups attached to an aromatic ring is 1. The number of anilines is 1. The van der Waals surface area contributed by atoms with Gasteiger partial charge in [0.2, 0.25) is 5.88 Å². The SMILES string of the molecule is Nc1ccc(OCc2ccc(F)cc2)nc1. The third-order valence-corrected chi connectivity index (χ3v) is 2.06. The molecule has 0 aliphatic carbocycles. The molecule has 0 bridgehead atoms. The molecule has 0 fully saturated rings. The average Bonchev–Trinajstić information content (AvgIpc) is 2.30. The van der Waals surface area contributed by atoms with Crippen LogP contribution >= 0.6 is 0 Å². The molecule has 0 saturated heterocycles. The summed E-state index contributed by atoms with van der Waals surface area (Å²) < 4.78 is 18.0. The van der Waals surface area contributed by atoms with Crippen LogP contribution in [0, 0.1) is 5.82 Å². The highest BCUT2D eigenvalue weighted by Gasteiger charge is 1.97. The molecule has 0 aliphatic rings. The van der Waals surface area contributed by atoms with Crippen molar-refractivity contribution >= 4 is 5.69 Å². The lowest BCUT2D eigenvalue weighted by Crippen LogP contribution is -1.97. The summed E-state index contributed by atoms with van der Waals surface area (Å²) in [6.07, 6.45) is 1.53. The quantitative estimate of drug-likeness (QED) is 0.860. The van der Waals surface area contributed by atoms with Gasteiger partial charge in [0.25, 0.3) is 0 Å². The number of pyridine rings is 1. The van der Waals surface area contributed by atoms with Gasteiger partial charge in [0, 0.05) is 6.07 Å². The van der Waals surface area contributed by atoms with E-state index in [-0.39, 0.29) is 5.82 Å². The van der Waals surface area contributed by atoms with Crippen LogP contribution in [0.1, 0.15) is 5.56 Å². The van der Waals surface area contributed by atoms with E-state index in [0.29, 0.717) is 18.2 Å². The lowest BCUT2D eigenvalue weighted by Gasteiger charge is -2.05. The van der Waals surface area contributed by atoms with Crippen LogP contribution in [-0.4, -0.2) is 4.98 Å². The van der Waals surface area contributed by atoms with Gasteiger partial charge in [-0.2, -0.15) is 0 Å². The number of nitrogens with zero attached hydrogens (tertiary/aromatic N) is 1. The van der Waals surface area contributed by atoms with Crippen molar-refractivity contribution in [3.63, 3.8) is 0 Å². The number of hydrogen-bond donors (Lipinski definition) is 1. The van der Waals surface area contributed by atoms with E-state index >= 15 is 0 Å². The normalized spacial score (nSPS) is 10.1. The van der Waals surface area contributed by atoms with Gasteiger partial charge in [0.15, 0.2) is 0 Å². The molecule has 0 unspecified atom stereocenters. The van der Waals surface area contributed by atoms with Crippen LogP contribution in [0.3, 0.4) is 0 Å². The fourth-order valence-corrected chi connectivity index (χ4v) is 1.22. The van der Waals surface area contributed by atoms with Crippen molar-refractivity contribution in [3.8, 4) is 5.88 Å². The Labute approximate surface area is 92.7 Å². The summed E-state index contributed by atoms with van der Waals surface area (Å²) in [6, 6.07) is 9.55. The van der Waals surface area contributed by atoms with Crippen molar-refractivity contribution in [2.45, 2.75) is 6.61 Å². The monoisotopic (exact) mass is 218 g/mol. The van der Waals surface area contributed by atoms with Crippen LogP contribution in [-0.2, 0) is 6.61 Å². The number of rotatable bonds is 3. The fourth-order valence-electron chi connectivity index (χ4n) is 1.22. The molecular weight excluding hydrogens is 207 g/mol. The van der Waals surface area contributed by atoms with Crippen LogP contribution < -0.4 is 10.5 Å². The zero-order valence-electron chi connectivity index (χ0n) is 8.56. The van der Waals surface area contributed by atoms with E-state index in [0.717, 1.165) is 5.56 Å². The first-order chi connectivity index (χ1) is 7.74. The van der Waals surface area contributed by atoms with Crippen LogP contribution in [0.2, 0.25) is 0 Å². The highest BCUT2D eigenvalue weighted by Crippen LogP contribution is 2.11. The Bertz CT molecular complexity index is 408. The smallest absolute Gasteiger partial charge is 0.213 e. The number of hydrogen-bond acceptors (Lipinski definition) is 3. The van der Waals surface area contributed by atoms with Gasteiger partial charge in [-0.05, 0) is 23.8 Å². The third kappa shape index (κ3) is 2.70. The van der Waals surface area contributed by atoms with Crippen molar-refractivity contribution in [3.05, 3.63) is 54.0 Å². The van der Waals surface area contributed by atoms with Gasteiger partial charge in [-0.25, -0.2) is 9.37 Å². The number of ether oxygens (including phenoxy) is 1. The summed E-state index contributed by atoms with van der Waals surface area (Å²) in [5, 5.41) is 0. The van der Waals surface area contributed by atoms with Crippen LogP contribution in [0.5, 0.6) is 5.88 Å². The fraction of sp³-hybridized carbons (Fsp3) is 0.0833.